The quantitative estimate of drug-likeness (QED) is 0.197. The van der Waals surface area contributed by atoms with Crippen LogP contribution in [0, 0.1) is 0 Å². The standard InChI is InChI=1S/C32H49N3O7/c1-34(32(36)25-33-29-11-7-4-8-12-29)31(28-9-5-3-6-10-28)27-35-14-13-30(26-35)42-24-23-41-22-21-40-20-19-39-18-17-38-16-15-37-2/h3-12,30-31,33H,13-27H2,1-2H3. The third-order valence-electron chi connectivity index (χ3n) is 7.05. The molecule has 2 unspecified atom stereocenters. The molecule has 2 aromatic rings. The highest BCUT2D eigenvalue weighted by Crippen LogP contribution is 2.24. The summed E-state index contributed by atoms with van der Waals surface area (Å²) in [6.45, 7) is 8.28. The lowest BCUT2D eigenvalue weighted by molar-refractivity contribution is -0.130. The lowest BCUT2D eigenvalue weighted by Crippen LogP contribution is -2.41. The van der Waals surface area contributed by atoms with Crippen molar-refractivity contribution in [1.82, 2.24) is 9.80 Å². The minimum atomic E-state index is -0.0435. The van der Waals surface area contributed by atoms with E-state index >= 15 is 0 Å². The number of amides is 1. The van der Waals surface area contributed by atoms with Crippen LogP contribution in [-0.4, -0.2) is 128 Å². The molecule has 1 aliphatic heterocycles. The van der Waals surface area contributed by atoms with Crippen LogP contribution in [0.4, 0.5) is 5.69 Å². The summed E-state index contributed by atoms with van der Waals surface area (Å²) in [5.74, 6) is 0.0525. The summed E-state index contributed by atoms with van der Waals surface area (Å²) in [6.07, 6.45) is 1.13. The molecule has 3 rings (SSSR count). The minimum absolute atomic E-state index is 0.0435. The van der Waals surface area contributed by atoms with Crippen LogP contribution in [-0.2, 0) is 33.2 Å². The van der Waals surface area contributed by atoms with E-state index in [4.69, 9.17) is 28.4 Å². The van der Waals surface area contributed by atoms with E-state index in [1.165, 1.54) is 0 Å². The van der Waals surface area contributed by atoms with Crippen LogP contribution in [0.25, 0.3) is 0 Å². The summed E-state index contributed by atoms with van der Waals surface area (Å²) < 4.78 is 33.0. The SMILES string of the molecule is COCCOCCOCCOCCOCCOC1CCN(CC(c2ccccc2)N(C)C(=O)CNc2ccccc2)C1. The number of likely N-dealkylation sites (tertiary alicyclic amines) is 1. The number of para-hydroxylation sites is 1. The third kappa shape index (κ3) is 13.6. The average Bonchev–Trinajstić information content (AvgIpc) is 3.48. The van der Waals surface area contributed by atoms with Gasteiger partial charge in [0.25, 0.3) is 0 Å². The fourth-order valence-electron chi connectivity index (χ4n) is 4.68. The molecule has 1 aliphatic rings. The van der Waals surface area contributed by atoms with Gasteiger partial charge < -0.3 is 38.6 Å². The molecular weight excluding hydrogens is 538 g/mol. The molecule has 1 amide bonds. The first-order valence-electron chi connectivity index (χ1n) is 14.9. The number of anilines is 1. The molecule has 10 nitrogen and oxygen atoms in total. The van der Waals surface area contributed by atoms with Gasteiger partial charge in [0.15, 0.2) is 0 Å². The predicted octanol–water partition coefficient (Wildman–Crippen LogP) is 3.10. The van der Waals surface area contributed by atoms with Gasteiger partial charge in [0.2, 0.25) is 5.91 Å². The molecule has 0 aromatic heterocycles. The van der Waals surface area contributed by atoms with E-state index < -0.39 is 0 Å². The highest BCUT2D eigenvalue weighted by atomic mass is 16.6. The summed E-state index contributed by atoms with van der Waals surface area (Å²) in [5, 5.41) is 3.24. The number of rotatable bonds is 23. The van der Waals surface area contributed by atoms with Gasteiger partial charge in [-0.3, -0.25) is 9.69 Å². The van der Waals surface area contributed by atoms with Crippen molar-refractivity contribution in [2.45, 2.75) is 18.6 Å². The molecule has 0 bridgehead atoms. The molecule has 0 spiro atoms. The van der Waals surface area contributed by atoms with E-state index in [0.29, 0.717) is 66.1 Å². The molecule has 2 atom stereocenters. The van der Waals surface area contributed by atoms with Gasteiger partial charge in [0.1, 0.15) is 0 Å². The molecule has 0 saturated carbocycles. The Kier molecular flexibility index (Phi) is 17.1. The topological polar surface area (TPSA) is 91.0 Å². The normalized spacial score (nSPS) is 16.0. The van der Waals surface area contributed by atoms with Gasteiger partial charge in [0.05, 0.1) is 84.8 Å². The summed E-state index contributed by atoms with van der Waals surface area (Å²) in [7, 11) is 3.55. The smallest absolute Gasteiger partial charge is 0.242 e. The van der Waals surface area contributed by atoms with E-state index in [1.807, 2.05) is 60.5 Å². The van der Waals surface area contributed by atoms with Crippen LogP contribution >= 0.6 is 0 Å². The van der Waals surface area contributed by atoms with E-state index in [2.05, 4.69) is 22.3 Å². The Morgan fingerprint density at radius 2 is 1.38 bits per heavy atom. The first-order chi connectivity index (χ1) is 20.7. The Bertz CT molecular complexity index is 954. The number of carbonyl (C=O) groups is 1. The van der Waals surface area contributed by atoms with Crippen LogP contribution in [0.1, 0.15) is 18.0 Å². The zero-order valence-electron chi connectivity index (χ0n) is 25.3. The number of likely N-dealkylation sites (N-methyl/N-ethyl adjacent to an activating group) is 1. The van der Waals surface area contributed by atoms with Crippen molar-refractivity contribution in [3.63, 3.8) is 0 Å². The van der Waals surface area contributed by atoms with Crippen molar-refractivity contribution >= 4 is 11.6 Å². The van der Waals surface area contributed by atoms with Crippen LogP contribution in [0.3, 0.4) is 0 Å². The maximum absolute atomic E-state index is 13.1. The maximum atomic E-state index is 13.1. The number of nitrogens with one attached hydrogen (secondary N) is 1. The van der Waals surface area contributed by atoms with Crippen molar-refractivity contribution in [2.75, 3.05) is 112 Å². The summed E-state index contributed by atoms with van der Waals surface area (Å²) >= 11 is 0. The molecule has 10 heteroatoms. The van der Waals surface area contributed by atoms with Crippen molar-refractivity contribution in [2.24, 2.45) is 0 Å². The third-order valence-corrected chi connectivity index (χ3v) is 7.05. The van der Waals surface area contributed by atoms with Gasteiger partial charge in [-0.15, -0.1) is 0 Å². The molecular formula is C32H49N3O7. The van der Waals surface area contributed by atoms with Crippen LogP contribution < -0.4 is 5.32 Å². The number of hydrogen-bond acceptors (Lipinski definition) is 9. The molecule has 0 radical (unpaired) electrons. The first-order valence-corrected chi connectivity index (χ1v) is 14.9. The van der Waals surface area contributed by atoms with Gasteiger partial charge in [0, 0.05) is 39.5 Å². The Hall–Kier alpha value is -2.57. The fourth-order valence-corrected chi connectivity index (χ4v) is 4.68. The number of methoxy groups -OCH3 is 1. The average molecular weight is 588 g/mol. The second kappa shape index (κ2) is 21.2. The molecule has 1 fully saturated rings. The monoisotopic (exact) mass is 587 g/mol. The van der Waals surface area contributed by atoms with Gasteiger partial charge >= 0.3 is 0 Å². The van der Waals surface area contributed by atoms with E-state index in [1.54, 1.807) is 7.11 Å². The second-order valence-corrected chi connectivity index (χ2v) is 10.1. The summed E-state index contributed by atoms with van der Waals surface area (Å²) in [6, 6.07) is 20.0. The van der Waals surface area contributed by atoms with Gasteiger partial charge in [-0.2, -0.15) is 0 Å². The van der Waals surface area contributed by atoms with E-state index in [-0.39, 0.29) is 24.6 Å². The zero-order valence-corrected chi connectivity index (χ0v) is 25.3. The van der Waals surface area contributed by atoms with Crippen molar-refractivity contribution in [1.29, 1.82) is 0 Å². The van der Waals surface area contributed by atoms with Gasteiger partial charge in [-0.05, 0) is 24.1 Å². The highest BCUT2D eigenvalue weighted by molar-refractivity contribution is 5.81. The number of benzene rings is 2. The summed E-state index contributed by atoms with van der Waals surface area (Å²) in [4.78, 5) is 17.4. The highest BCUT2D eigenvalue weighted by Gasteiger charge is 2.29. The van der Waals surface area contributed by atoms with E-state index in [0.717, 1.165) is 37.3 Å². The maximum Gasteiger partial charge on any atom is 0.242 e. The molecule has 42 heavy (non-hydrogen) atoms. The molecule has 1 N–H and O–H groups in total. The summed E-state index contributed by atoms with van der Waals surface area (Å²) in [5.41, 5.74) is 2.07. The number of nitrogens with zero attached hydrogens (tertiary/aromatic N) is 2. The second-order valence-electron chi connectivity index (χ2n) is 10.1. The van der Waals surface area contributed by atoms with Crippen LogP contribution in [0.15, 0.2) is 60.7 Å². The number of ether oxygens (including phenoxy) is 6. The molecule has 2 aromatic carbocycles. The molecule has 1 heterocycles. The fraction of sp³-hybridized carbons (Fsp3) is 0.594. The zero-order chi connectivity index (χ0) is 29.7. The molecule has 0 aliphatic carbocycles. The van der Waals surface area contributed by atoms with Gasteiger partial charge in [-0.25, -0.2) is 0 Å². The lowest BCUT2D eigenvalue weighted by Gasteiger charge is -2.32. The van der Waals surface area contributed by atoms with Crippen molar-refractivity contribution in [3.8, 4) is 0 Å². The first kappa shape index (κ1) is 33.9. The Morgan fingerprint density at radius 1 is 0.833 bits per heavy atom. The number of hydrogen-bond donors (Lipinski definition) is 1. The van der Waals surface area contributed by atoms with E-state index in [9.17, 15) is 4.79 Å². The Balaban J connectivity index is 1.27. The largest absolute Gasteiger partial charge is 0.382 e. The van der Waals surface area contributed by atoms with Crippen LogP contribution in [0.2, 0.25) is 0 Å². The predicted molar refractivity (Wildman–Crippen MR) is 163 cm³/mol. The van der Waals surface area contributed by atoms with Crippen LogP contribution in [0.5, 0.6) is 0 Å². The Labute approximate surface area is 251 Å². The number of carbonyl (C=O) groups excluding carboxylic acids is 1. The van der Waals surface area contributed by atoms with Crippen molar-refractivity contribution in [3.05, 3.63) is 66.2 Å². The molecule has 234 valence electrons. The van der Waals surface area contributed by atoms with Crippen molar-refractivity contribution < 1.29 is 33.2 Å². The Morgan fingerprint density at radius 3 is 1.98 bits per heavy atom. The molecule has 1 saturated heterocycles. The lowest BCUT2D eigenvalue weighted by atomic mass is 10.0. The minimum Gasteiger partial charge on any atom is -0.382 e. The van der Waals surface area contributed by atoms with Gasteiger partial charge in [-0.1, -0.05) is 48.5 Å².